The molecule has 4 rings (SSSR count). The SMILES string of the molecule is Cc1nc(CS(=O)(=O)NC(=O)c2ccc3c(c2)nc(C)n3Cc2ccsc2)no1. The van der Waals surface area contributed by atoms with Crippen LogP contribution in [0.3, 0.4) is 0 Å². The number of hydrogen-bond acceptors (Lipinski definition) is 8. The molecule has 0 spiro atoms. The van der Waals surface area contributed by atoms with Crippen LogP contribution in [0.1, 0.15) is 33.5 Å². The molecule has 11 heteroatoms. The highest BCUT2D eigenvalue weighted by Crippen LogP contribution is 2.20. The molecule has 150 valence electrons. The molecule has 29 heavy (non-hydrogen) atoms. The Balaban J connectivity index is 1.55. The largest absolute Gasteiger partial charge is 0.340 e. The molecule has 0 aliphatic rings. The summed E-state index contributed by atoms with van der Waals surface area (Å²) in [6, 6.07) is 6.98. The van der Waals surface area contributed by atoms with Crippen LogP contribution in [0.2, 0.25) is 0 Å². The summed E-state index contributed by atoms with van der Waals surface area (Å²) in [6.45, 7) is 4.12. The van der Waals surface area contributed by atoms with Crippen LogP contribution in [-0.4, -0.2) is 34.0 Å². The van der Waals surface area contributed by atoms with E-state index in [4.69, 9.17) is 4.52 Å². The van der Waals surface area contributed by atoms with Crippen molar-refractivity contribution in [2.24, 2.45) is 0 Å². The van der Waals surface area contributed by atoms with Gasteiger partial charge in [0.2, 0.25) is 15.9 Å². The topological polar surface area (TPSA) is 120 Å². The van der Waals surface area contributed by atoms with Crippen molar-refractivity contribution in [1.82, 2.24) is 24.4 Å². The number of amides is 1. The van der Waals surface area contributed by atoms with Crippen LogP contribution < -0.4 is 4.72 Å². The Morgan fingerprint density at radius 3 is 2.76 bits per heavy atom. The molecule has 0 saturated carbocycles. The van der Waals surface area contributed by atoms with Crippen molar-refractivity contribution in [3.63, 3.8) is 0 Å². The van der Waals surface area contributed by atoms with E-state index in [2.05, 4.69) is 20.5 Å². The minimum absolute atomic E-state index is 0.0129. The van der Waals surface area contributed by atoms with Crippen LogP contribution in [0.15, 0.2) is 39.5 Å². The van der Waals surface area contributed by atoms with Gasteiger partial charge in [0.05, 0.1) is 17.6 Å². The van der Waals surface area contributed by atoms with Crippen molar-refractivity contribution in [2.45, 2.75) is 26.1 Å². The molecule has 1 aromatic carbocycles. The van der Waals surface area contributed by atoms with E-state index >= 15 is 0 Å². The van der Waals surface area contributed by atoms with Gasteiger partial charge in [0.1, 0.15) is 11.6 Å². The van der Waals surface area contributed by atoms with Gasteiger partial charge in [0, 0.05) is 12.5 Å². The number of carbonyl (C=O) groups is 1. The monoisotopic (exact) mass is 431 g/mol. The minimum atomic E-state index is -3.97. The molecule has 0 unspecified atom stereocenters. The van der Waals surface area contributed by atoms with Crippen LogP contribution in [-0.2, 0) is 22.3 Å². The second kappa shape index (κ2) is 7.41. The summed E-state index contributed by atoms with van der Waals surface area (Å²) in [5.41, 5.74) is 2.86. The van der Waals surface area contributed by atoms with Gasteiger partial charge in [0.15, 0.2) is 5.82 Å². The van der Waals surface area contributed by atoms with E-state index in [1.165, 1.54) is 5.56 Å². The van der Waals surface area contributed by atoms with Crippen LogP contribution in [0.25, 0.3) is 11.0 Å². The van der Waals surface area contributed by atoms with Crippen LogP contribution in [0.5, 0.6) is 0 Å². The molecule has 0 aliphatic heterocycles. The van der Waals surface area contributed by atoms with Crippen LogP contribution in [0.4, 0.5) is 0 Å². The quantitative estimate of drug-likeness (QED) is 0.498. The van der Waals surface area contributed by atoms with Gasteiger partial charge in [-0.25, -0.2) is 18.1 Å². The van der Waals surface area contributed by atoms with Gasteiger partial charge in [-0.15, -0.1) is 0 Å². The predicted molar refractivity (Wildman–Crippen MR) is 107 cm³/mol. The summed E-state index contributed by atoms with van der Waals surface area (Å²) >= 11 is 1.63. The predicted octanol–water partition coefficient (Wildman–Crippen LogP) is 2.41. The number of sulfonamides is 1. The summed E-state index contributed by atoms with van der Waals surface area (Å²) in [5, 5.41) is 7.63. The van der Waals surface area contributed by atoms with Crippen molar-refractivity contribution in [1.29, 1.82) is 0 Å². The Kier molecular flexibility index (Phi) is 4.92. The lowest BCUT2D eigenvalue weighted by Crippen LogP contribution is -2.31. The molecule has 3 aromatic heterocycles. The molecule has 0 bridgehead atoms. The Morgan fingerprint density at radius 1 is 1.24 bits per heavy atom. The van der Waals surface area contributed by atoms with Crippen molar-refractivity contribution < 1.29 is 17.7 Å². The van der Waals surface area contributed by atoms with Gasteiger partial charge in [-0.05, 0) is 47.5 Å². The summed E-state index contributed by atoms with van der Waals surface area (Å²) in [6.07, 6.45) is 0. The molecule has 1 amide bonds. The number of aryl methyl sites for hydroxylation is 2. The number of carbonyl (C=O) groups excluding carboxylic acids is 1. The first-order chi connectivity index (χ1) is 13.8. The van der Waals surface area contributed by atoms with E-state index in [0.29, 0.717) is 12.1 Å². The maximum atomic E-state index is 12.5. The summed E-state index contributed by atoms with van der Waals surface area (Å²) in [4.78, 5) is 20.8. The number of hydrogen-bond donors (Lipinski definition) is 1. The second-order valence-corrected chi connectivity index (χ2v) is 9.00. The van der Waals surface area contributed by atoms with Crippen LogP contribution in [0, 0.1) is 13.8 Å². The summed E-state index contributed by atoms with van der Waals surface area (Å²) in [5.74, 6) is -0.241. The fourth-order valence-corrected chi connectivity index (χ4v) is 4.55. The number of nitrogens with zero attached hydrogens (tertiary/aromatic N) is 4. The Morgan fingerprint density at radius 2 is 2.07 bits per heavy atom. The Bertz CT molecular complexity index is 1290. The molecule has 4 aromatic rings. The van der Waals surface area contributed by atoms with Gasteiger partial charge in [-0.3, -0.25) is 4.79 Å². The highest BCUT2D eigenvalue weighted by atomic mass is 32.2. The van der Waals surface area contributed by atoms with Gasteiger partial charge in [-0.1, -0.05) is 5.16 Å². The average Bonchev–Trinajstić information content (AvgIpc) is 3.36. The normalized spacial score (nSPS) is 11.8. The van der Waals surface area contributed by atoms with Crippen molar-refractivity contribution in [2.75, 3.05) is 0 Å². The Hall–Kier alpha value is -3.05. The van der Waals surface area contributed by atoms with Gasteiger partial charge >= 0.3 is 0 Å². The highest BCUT2D eigenvalue weighted by molar-refractivity contribution is 7.89. The third-order valence-corrected chi connectivity index (χ3v) is 6.13. The van der Waals surface area contributed by atoms with E-state index in [-0.39, 0.29) is 17.3 Å². The molecule has 1 N–H and O–H groups in total. The lowest BCUT2D eigenvalue weighted by atomic mass is 10.2. The molecule has 3 heterocycles. The molecule has 0 atom stereocenters. The van der Waals surface area contributed by atoms with Gasteiger partial charge < -0.3 is 9.09 Å². The first-order valence-corrected chi connectivity index (χ1v) is 11.2. The number of imidazole rings is 1. The first-order valence-electron chi connectivity index (χ1n) is 8.63. The second-order valence-electron chi connectivity index (χ2n) is 6.50. The summed E-state index contributed by atoms with van der Waals surface area (Å²) < 4.78 is 33.3. The van der Waals surface area contributed by atoms with Crippen LogP contribution >= 0.6 is 11.3 Å². The van der Waals surface area contributed by atoms with E-state index in [0.717, 1.165) is 11.3 Å². The lowest BCUT2D eigenvalue weighted by Gasteiger charge is -2.07. The number of thiophene rings is 1. The average molecular weight is 431 g/mol. The highest BCUT2D eigenvalue weighted by Gasteiger charge is 2.20. The van der Waals surface area contributed by atoms with E-state index in [1.807, 2.05) is 27.7 Å². The van der Waals surface area contributed by atoms with Gasteiger partial charge in [-0.2, -0.15) is 16.3 Å². The standard InChI is InChI=1S/C18H17N5O4S2/c1-11-19-15-7-14(3-4-16(15)23(11)8-13-5-6-28-9-13)18(24)22-29(25,26)10-17-20-12(2)27-21-17/h3-7,9H,8,10H2,1-2H3,(H,22,24). The number of aromatic nitrogens is 4. The molecule has 0 aliphatic carbocycles. The fraction of sp³-hybridized carbons (Fsp3) is 0.222. The number of fused-ring (bicyclic) bond motifs is 1. The van der Waals surface area contributed by atoms with Crippen molar-refractivity contribution >= 4 is 38.3 Å². The van der Waals surface area contributed by atoms with E-state index in [9.17, 15) is 13.2 Å². The zero-order chi connectivity index (χ0) is 20.6. The maximum Gasteiger partial charge on any atom is 0.264 e. The number of rotatable bonds is 6. The maximum absolute atomic E-state index is 12.5. The zero-order valence-electron chi connectivity index (χ0n) is 15.6. The molecule has 0 radical (unpaired) electrons. The van der Waals surface area contributed by atoms with Gasteiger partial charge in [0.25, 0.3) is 5.91 Å². The zero-order valence-corrected chi connectivity index (χ0v) is 17.2. The summed E-state index contributed by atoms with van der Waals surface area (Å²) in [7, 11) is -3.97. The molecular formula is C18H17N5O4S2. The smallest absolute Gasteiger partial charge is 0.264 e. The third-order valence-electron chi connectivity index (χ3n) is 4.26. The van der Waals surface area contributed by atoms with E-state index in [1.54, 1.807) is 36.5 Å². The van der Waals surface area contributed by atoms with Crippen molar-refractivity contribution in [3.05, 3.63) is 63.7 Å². The number of benzene rings is 1. The third kappa shape index (κ3) is 4.20. The van der Waals surface area contributed by atoms with E-state index < -0.39 is 21.7 Å². The molecule has 9 nitrogen and oxygen atoms in total. The van der Waals surface area contributed by atoms with Crippen molar-refractivity contribution in [3.8, 4) is 0 Å². The minimum Gasteiger partial charge on any atom is -0.340 e. The first kappa shape index (κ1) is 19.3. The fourth-order valence-electron chi connectivity index (χ4n) is 2.96. The molecule has 0 saturated heterocycles. The molecule has 0 fully saturated rings. The number of nitrogens with one attached hydrogen (secondary N) is 1. The Labute approximate surface area is 170 Å². The molecular weight excluding hydrogens is 414 g/mol. The lowest BCUT2D eigenvalue weighted by molar-refractivity contribution is 0.0981.